The van der Waals surface area contributed by atoms with Crippen LogP contribution in [0.3, 0.4) is 0 Å². The van der Waals surface area contributed by atoms with Gasteiger partial charge in [-0.1, -0.05) is 0 Å². The third kappa shape index (κ3) is 2.92. The molecule has 2 aromatic heterocycles. The van der Waals surface area contributed by atoms with Gasteiger partial charge >= 0.3 is 5.97 Å². The molecule has 174 valence electrons. The monoisotopic (exact) mass is 453 g/mol. The maximum atomic E-state index is 12.0. The molecule has 5 N–H and O–H groups in total. The highest BCUT2D eigenvalue weighted by atomic mass is 16.7. The Bertz CT molecular complexity index is 1040. The van der Waals surface area contributed by atoms with Crippen molar-refractivity contribution in [1.29, 1.82) is 0 Å². The second-order valence-corrected chi connectivity index (χ2v) is 7.92. The minimum Gasteiger partial charge on any atom is -0.467 e. The number of anilines is 1. The molecule has 0 spiro atoms. The van der Waals surface area contributed by atoms with E-state index in [2.05, 4.69) is 19.7 Å². The highest BCUT2D eigenvalue weighted by Gasteiger charge is 2.65. The summed E-state index contributed by atoms with van der Waals surface area (Å²) in [5.41, 5.74) is 6.66. The number of ether oxygens (including phenoxy) is 5. The Morgan fingerprint density at radius 2 is 2.06 bits per heavy atom. The molecule has 0 saturated carbocycles. The highest BCUT2D eigenvalue weighted by Crippen LogP contribution is 2.46. The Morgan fingerprint density at radius 3 is 2.78 bits per heavy atom. The van der Waals surface area contributed by atoms with E-state index < -0.39 is 60.7 Å². The van der Waals surface area contributed by atoms with Crippen molar-refractivity contribution in [3.63, 3.8) is 0 Å². The molecule has 0 aromatic carbocycles. The summed E-state index contributed by atoms with van der Waals surface area (Å²) in [5.74, 6) is -2.99. The molecular formula is C18H23N5O9. The van der Waals surface area contributed by atoms with E-state index in [0.29, 0.717) is 11.2 Å². The molecule has 3 saturated heterocycles. The Hall–Kier alpha value is -2.46. The summed E-state index contributed by atoms with van der Waals surface area (Å²) >= 11 is 0. The fraction of sp³-hybridized carbons (Fsp3) is 0.667. The highest BCUT2D eigenvalue weighted by molar-refractivity contribution is 5.81. The number of aromatic nitrogens is 4. The van der Waals surface area contributed by atoms with Gasteiger partial charge in [0.2, 0.25) is 5.79 Å². The normalized spacial score (nSPS) is 41.3. The van der Waals surface area contributed by atoms with Crippen LogP contribution in [0.4, 0.5) is 5.82 Å². The molecular weight excluding hydrogens is 430 g/mol. The minimum absolute atomic E-state index is 0.0402. The topological polar surface area (TPSA) is 194 Å². The number of imidazole rings is 1. The number of hydrogen-bond donors (Lipinski definition) is 4. The van der Waals surface area contributed by atoms with Gasteiger partial charge in [-0.05, 0) is 0 Å². The van der Waals surface area contributed by atoms with Crippen LogP contribution in [0.1, 0.15) is 12.6 Å². The van der Waals surface area contributed by atoms with Gasteiger partial charge in [0.1, 0.15) is 42.4 Å². The first-order chi connectivity index (χ1) is 15.3. The largest absolute Gasteiger partial charge is 0.467 e. The zero-order chi connectivity index (χ0) is 22.8. The Balaban J connectivity index is 1.47. The van der Waals surface area contributed by atoms with Crippen LogP contribution in [0.2, 0.25) is 0 Å². The number of carbonyl (C=O) groups is 1. The average molecular weight is 453 g/mol. The van der Waals surface area contributed by atoms with E-state index in [1.807, 2.05) is 0 Å². The molecule has 3 aliphatic heterocycles. The number of aliphatic hydroxyl groups excluding tert-OH is 2. The summed E-state index contributed by atoms with van der Waals surface area (Å²) in [5, 5.41) is 32.1. The van der Waals surface area contributed by atoms with Crippen molar-refractivity contribution in [2.75, 3.05) is 20.0 Å². The van der Waals surface area contributed by atoms with Crippen LogP contribution in [0, 0.1) is 0 Å². The van der Waals surface area contributed by atoms with Gasteiger partial charge in [-0.25, -0.2) is 19.7 Å². The molecule has 0 amide bonds. The average Bonchev–Trinajstić information content (AvgIpc) is 3.36. The van der Waals surface area contributed by atoms with Crippen molar-refractivity contribution in [2.24, 2.45) is 0 Å². The first-order valence-corrected chi connectivity index (χ1v) is 9.91. The zero-order valence-electron chi connectivity index (χ0n) is 17.1. The zero-order valence-corrected chi connectivity index (χ0v) is 17.1. The molecule has 0 aliphatic carbocycles. The van der Waals surface area contributed by atoms with Crippen LogP contribution in [0.15, 0.2) is 12.7 Å². The van der Waals surface area contributed by atoms with Crippen molar-refractivity contribution in [2.45, 2.75) is 61.2 Å². The molecule has 3 unspecified atom stereocenters. The van der Waals surface area contributed by atoms with Crippen LogP contribution in [0.25, 0.3) is 11.2 Å². The number of fused-ring (bicyclic) bond motifs is 3. The SMILES string of the molecule is COC(=O)[C@H]1OC2CC3O[C@@H](n4cnc5c(N)ncnc54)[C@@H](OC)C3O[C@@]2(O)[C@@H](O)[C@@H]1O. The van der Waals surface area contributed by atoms with Crippen molar-refractivity contribution in [1.82, 2.24) is 19.5 Å². The molecule has 3 fully saturated rings. The second kappa shape index (κ2) is 7.55. The number of carbonyl (C=O) groups excluding carboxylic acids is 1. The third-order valence-electron chi connectivity index (χ3n) is 6.25. The Morgan fingerprint density at radius 1 is 1.28 bits per heavy atom. The molecule has 9 atom stereocenters. The lowest BCUT2D eigenvalue weighted by Crippen LogP contribution is -2.72. The number of nitrogens with two attached hydrogens (primary N) is 1. The van der Waals surface area contributed by atoms with Crippen molar-refractivity contribution in [3.05, 3.63) is 12.7 Å². The van der Waals surface area contributed by atoms with E-state index in [1.54, 1.807) is 4.57 Å². The lowest BCUT2D eigenvalue weighted by atomic mass is 9.84. The van der Waals surface area contributed by atoms with E-state index in [4.69, 9.17) is 24.7 Å². The quantitative estimate of drug-likeness (QED) is 0.355. The molecule has 14 heteroatoms. The lowest BCUT2D eigenvalue weighted by molar-refractivity contribution is -0.397. The molecule has 2 aromatic rings. The van der Waals surface area contributed by atoms with E-state index in [-0.39, 0.29) is 12.2 Å². The minimum atomic E-state index is -2.30. The maximum absolute atomic E-state index is 12.0. The number of aliphatic hydroxyl groups is 3. The smallest absolute Gasteiger partial charge is 0.337 e. The van der Waals surface area contributed by atoms with Crippen LogP contribution >= 0.6 is 0 Å². The molecule has 5 rings (SSSR count). The molecule has 3 aliphatic rings. The number of nitrogens with zero attached hydrogens (tertiary/aromatic N) is 4. The predicted octanol–water partition coefficient (Wildman–Crippen LogP) is -2.54. The van der Waals surface area contributed by atoms with E-state index >= 15 is 0 Å². The van der Waals surface area contributed by atoms with Crippen LogP contribution in [0.5, 0.6) is 0 Å². The number of methoxy groups -OCH3 is 2. The Kier molecular flexibility index (Phi) is 5.05. The summed E-state index contributed by atoms with van der Waals surface area (Å²) in [6.07, 6.45) is -6.47. The number of hydrogen-bond acceptors (Lipinski definition) is 13. The van der Waals surface area contributed by atoms with Gasteiger partial charge in [-0.2, -0.15) is 0 Å². The van der Waals surface area contributed by atoms with Crippen molar-refractivity contribution >= 4 is 23.0 Å². The van der Waals surface area contributed by atoms with Crippen molar-refractivity contribution in [3.8, 4) is 0 Å². The van der Waals surface area contributed by atoms with Crippen LogP contribution < -0.4 is 5.73 Å². The summed E-state index contributed by atoms with van der Waals surface area (Å²) in [4.78, 5) is 24.3. The first kappa shape index (κ1) is 21.4. The predicted molar refractivity (Wildman–Crippen MR) is 102 cm³/mol. The van der Waals surface area contributed by atoms with Crippen molar-refractivity contribution < 1.29 is 43.8 Å². The molecule has 5 heterocycles. The second-order valence-electron chi connectivity index (χ2n) is 7.92. The summed E-state index contributed by atoms with van der Waals surface area (Å²) < 4.78 is 29.4. The molecule has 0 bridgehead atoms. The van der Waals surface area contributed by atoms with Gasteiger partial charge < -0.3 is 44.7 Å². The maximum Gasteiger partial charge on any atom is 0.337 e. The van der Waals surface area contributed by atoms with E-state index in [9.17, 15) is 20.1 Å². The standard InChI is InChI=1S/C18H23N5O9/c1-28-12-10-6(30-16(12)23-5-22-8-14(19)20-4-21-15(8)23)3-7-18(27,32-10)13(25)9(24)11(31-7)17(26)29-2/h4-7,9-13,16,24-25,27H,3H2,1-2H3,(H2,19,20,21)/t6?,7?,9-,10?,11+,12+,13+,16-,18-/m1/s1. The van der Waals surface area contributed by atoms with Gasteiger partial charge in [0.25, 0.3) is 0 Å². The van der Waals surface area contributed by atoms with E-state index in [1.165, 1.54) is 19.8 Å². The number of esters is 1. The van der Waals surface area contributed by atoms with Gasteiger partial charge in [0.05, 0.1) is 19.5 Å². The van der Waals surface area contributed by atoms with Gasteiger partial charge in [0.15, 0.2) is 23.8 Å². The van der Waals surface area contributed by atoms with Crippen LogP contribution in [-0.4, -0.2) is 104 Å². The van der Waals surface area contributed by atoms with Gasteiger partial charge in [0, 0.05) is 13.5 Å². The van der Waals surface area contributed by atoms with Gasteiger partial charge in [-0.3, -0.25) is 4.57 Å². The number of rotatable bonds is 3. The molecule has 14 nitrogen and oxygen atoms in total. The third-order valence-corrected chi connectivity index (χ3v) is 6.25. The first-order valence-electron chi connectivity index (χ1n) is 9.91. The van der Waals surface area contributed by atoms with Gasteiger partial charge in [-0.15, -0.1) is 0 Å². The summed E-state index contributed by atoms with van der Waals surface area (Å²) in [7, 11) is 2.57. The summed E-state index contributed by atoms with van der Waals surface area (Å²) in [6, 6.07) is 0. The fourth-order valence-corrected chi connectivity index (χ4v) is 4.64. The molecule has 32 heavy (non-hydrogen) atoms. The van der Waals surface area contributed by atoms with E-state index in [0.717, 1.165) is 7.11 Å². The fourth-order valence-electron chi connectivity index (χ4n) is 4.64. The summed E-state index contributed by atoms with van der Waals surface area (Å²) in [6.45, 7) is 0. The number of nitrogen functional groups attached to an aromatic ring is 1. The van der Waals surface area contributed by atoms with Crippen LogP contribution in [-0.2, 0) is 28.5 Å². The Labute approximate surface area is 180 Å². The molecule has 0 radical (unpaired) electrons. The lowest BCUT2D eigenvalue weighted by Gasteiger charge is -2.52.